The highest BCUT2D eigenvalue weighted by atomic mass is 16.6. The van der Waals surface area contributed by atoms with Crippen LogP contribution >= 0.6 is 0 Å². The molecule has 2 atom stereocenters. The summed E-state index contributed by atoms with van der Waals surface area (Å²) < 4.78 is 11.0. The molecule has 0 fully saturated rings. The quantitative estimate of drug-likeness (QED) is 0.559. The summed E-state index contributed by atoms with van der Waals surface area (Å²) in [7, 11) is 5.44. The van der Waals surface area contributed by atoms with Crippen LogP contribution in [0.25, 0.3) is 0 Å². The molecule has 6 nitrogen and oxygen atoms in total. The normalized spacial score (nSPS) is 17.9. The average molecular weight is 370 g/mol. The lowest BCUT2D eigenvalue weighted by molar-refractivity contribution is -0.384. The monoisotopic (exact) mass is 370 g/mol. The number of nitro groups is 1. The van der Waals surface area contributed by atoms with Gasteiger partial charge < -0.3 is 9.47 Å². The maximum absolute atomic E-state index is 11.0. The van der Waals surface area contributed by atoms with Gasteiger partial charge in [-0.2, -0.15) is 0 Å². The van der Waals surface area contributed by atoms with Gasteiger partial charge in [-0.25, -0.2) is 0 Å². The van der Waals surface area contributed by atoms with Crippen LogP contribution in [0, 0.1) is 10.1 Å². The molecule has 27 heavy (non-hydrogen) atoms. The molecule has 144 valence electrons. The average Bonchev–Trinajstić information content (AvgIpc) is 2.69. The molecule has 2 aromatic rings. The van der Waals surface area contributed by atoms with Gasteiger partial charge in [0.25, 0.3) is 5.69 Å². The molecule has 1 aliphatic heterocycles. The van der Waals surface area contributed by atoms with Gasteiger partial charge >= 0.3 is 0 Å². The Labute approximate surface area is 159 Å². The first-order valence-electron chi connectivity index (χ1n) is 9.19. The summed E-state index contributed by atoms with van der Waals surface area (Å²) in [5.74, 6) is 1.71. The van der Waals surface area contributed by atoms with Crippen molar-refractivity contribution in [2.24, 2.45) is 0 Å². The molecule has 1 aliphatic rings. The number of fused-ring (bicyclic) bond motifs is 1. The van der Waals surface area contributed by atoms with Gasteiger partial charge in [0.2, 0.25) is 0 Å². The summed E-state index contributed by atoms with van der Waals surface area (Å²) >= 11 is 0. The van der Waals surface area contributed by atoms with Crippen molar-refractivity contribution in [3.63, 3.8) is 0 Å². The third kappa shape index (κ3) is 3.62. The minimum atomic E-state index is -0.357. The lowest BCUT2D eigenvalue weighted by atomic mass is 9.80. The number of nitro benzene ring substituents is 1. The van der Waals surface area contributed by atoms with E-state index in [9.17, 15) is 10.1 Å². The first-order valence-corrected chi connectivity index (χ1v) is 9.19. The highest BCUT2D eigenvalue weighted by molar-refractivity contribution is 5.50. The standard InChI is InChI=1S/C21H26N2O4/c1-5-17(14-6-8-16(9-7-14)23(24)25)21-18-13-20(27-4)19(26-3)12-15(18)10-11-22(21)2/h6-9,12-13,17,21H,5,10-11H2,1-4H3. The Kier molecular flexibility index (Phi) is 5.65. The van der Waals surface area contributed by atoms with Crippen molar-refractivity contribution >= 4 is 5.69 Å². The van der Waals surface area contributed by atoms with E-state index in [1.165, 1.54) is 11.1 Å². The predicted octanol–water partition coefficient (Wildman–Crippen LogP) is 4.33. The van der Waals surface area contributed by atoms with Crippen LogP contribution in [0.3, 0.4) is 0 Å². The minimum Gasteiger partial charge on any atom is -0.493 e. The molecule has 0 spiro atoms. The number of nitrogens with zero attached hydrogens (tertiary/aromatic N) is 2. The largest absolute Gasteiger partial charge is 0.493 e. The molecule has 0 saturated carbocycles. The van der Waals surface area contributed by atoms with Gasteiger partial charge in [-0.15, -0.1) is 0 Å². The van der Waals surface area contributed by atoms with Crippen LogP contribution in [0.2, 0.25) is 0 Å². The Morgan fingerprint density at radius 2 is 1.81 bits per heavy atom. The third-order valence-electron chi connectivity index (χ3n) is 5.53. The number of hydrogen-bond donors (Lipinski definition) is 0. The highest BCUT2D eigenvalue weighted by Gasteiger charge is 2.33. The van der Waals surface area contributed by atoms with Crippen LogP contribution in [0.1, 0.15) is 42.0 Å². The third-order valence-corrected chi connectivity index (χ3v) is 5.53. The van der Waals surface area contributed by atoms with Gasteiger partial charge in [-0.3, -0.25) is 15.0 Å². The van der Waals surface area contributed by atoms with Crippen LogP contribution < -0.4 is 9.47 Å². The second-order valence-electron chi connectivity index (χ2n) is 6.94. The summed E-state index contributed by atoms with van der Waals surface area (Å²) in [6.45, 7) is 3.12. The van der Waals surface area contributed by atoms with Crippen molar-refractivity contribution < 1.29 is 14.4 Å². The fourth-order valence-electron chi connectivity index (χ4n) is 4.11. The molecule has 0 radical (unpaired) electrons. The Morgan fingerprint density at radius 1 is 1.19 bits per heavy atom. The molecule has 2 aromatic carbocycles. The number of non-ortho nitro benzene ring substituents is 1. The van der Waals surface area contributed by atoms with E-state index in [1.54, 1.807) is 26.4 Å². The van der Waals surface area contributed by atoms with Gasteiger partial charge in [0.1, 0.15) is 0 Å². The van der Waals surface area contributed by atoms with Crippen molar-refractivity contribution in [2.75, 3.05) is 27.8 Å². The number of rotatable bonds is 6. The molecule has 6 heteroatoms. The predicted molar refractivity (Wildman–Crippen MR) is 105 cm³/mol. The summed E-state index contributed by atoms with van der Waals surface area (Å²) in [4.78, 5) is 13.0. The van der Waals surface area contributed by atoms with Gasteiger partial charge in [0.15, 0.2) is 11.5 Å². The topological polar surface area (TPSA) is 64.8 Å². The van der Waals surface area contributed by atoms with E-state index in [-0.39, 0.29) is 22.6 Å². The van der Waals surface area contributed by atoms with Crippen molar-refractivity contribution in [2.45, 2.75) is 31.7 Å². The number of likely N-dealkylation sites (N-methyl/N-ethyl adjacent to an activating group) is 1. The van der Waals surface area contributed by atoms with Crippen molar-refractivity contribution in [3.8, 4) is 11.5 Å². The van der Waals surface area contributed by atoms with Gasteiger partial charge in [-0.05, 0) is 48.7 Å². The summed E-state index contributed by atoms with van der Waals surface area (Å²) in [6.07, 6.45) is 1.89. The van der Waals surface area contributed by atoms with E-state index in [2.05, 4.69) is 31.0 Å². The highest BCUT2D eigenvalue weighted by Crippen LogP contribution is 2.45. The van der Waals surface area contributed by atoms with E-state index < -0.39 is 0 Å². The zero-order valence-electron chi connectivity index (χ0n) is 16.3. The fraction of sp³-hybridized carbons (Fsp3) is 0.429. The Morgan fingerprint density at radius 3 is 2.37 bits per heavy atom. The molecule has 1 heterocycles. The number of hydrogen-bond acceptors (Lipinski definition) is 5. The molecule has 2 unspecified atom stereocenters. The first-order chi connectivity index (χ1) is 13.0. The zero-order valence-corrected chi connectivity index (χ0v) is 16.3. The number of benzene rings is 2. The lowest BCUT2D eigenvalue weighted by Crippen LogP contribution is -2.35. The Balaban J connectivity index is 2.05. The van der Waals surface area contributed by atoms with E-state index >= 15 is 0 Å². The van der Waals surface area contributed by atoms with Crippen molar-refractivity contribution in [1.29, 1.82) is 0 Å². The van der Waals surface area contributed by atoms with E-state index in [0.29, 0.717) is 0 Å². The molecule has 3 rings (SSSR count). The van der Waals surface area contributed by atoms with Crippen LogP contribution in [-0.4, -0.2) is 37.6 Å². The molecule has 0 bridgehead atoms. The summed E-state index contributed by atoms with van der Waals surface area (Å²) in [5, 5.41) is 11.0. The molecular weight excluding hydrogens is 344 g/mol. The Hall–Kier alpha value is -2.60. The van der Waals surface area contributed by atoms with Crippen LogP contribution in [-0.2, 0) is 6.42 Å². The fourth-order valence-corrected chi connectivity index (χ4v) is 4.11. The number of ether oxygens (including phenoxy) is 2. The molecule has 0 aliphatic carbocycles. The van der Waals surface area contributed by atoms with Crippen LogP contribution in [0.4, 0.5) is 5.69 Å². The minimum absolute atomic E-state index is 0.123. The first kappa shape index (κ1) is 19.2. The van der Waals surface area contributed by atoms with Crippen LogP contribution in [0.15, 0.2) is 36.4 Å². The smallest absolute Gasteiger partial charge is 0.269 e. The molecule has 0 aromatic heterocycles. The lowest BCUT2D eigenvalue weighted by Gasteiger charge is -2.40. The summed E-state index contributed by atoms with van der Waals surface area (Å²) in [5.41, 5.74) is 3.75. The van der Waals surface area contributed by atoms with E-state index in [1.807, 2.05) is 12.1 Å². The molecular formula is C21H26N2O4. The van der Waals surface area contributed by atoms with E-state index in [0.717, 1.165) is 36.4 Å². The van der Waals surface area contributed by atoms with Crippen molar-refractivity contribution in [1.82, 2.24) is 4.90 Å². The molecule has 0 saturated heterocycles. The second-order valence-corrected chi connectivity index (χ2v) is 6.94. The van der Waals surface area contributed by atoms with Gasteiger partial charge in [0, 0.05) is 30.6 Å². The zero-order chi connectivity index (χ0) is 19.6. The van der Waals surface area contributed by atoms with Crippen LogP contribution in [0.5, 0.6) is 11.5 Å². The Bertz CT molecular complexity index is 820. The second kappa shape index (κ2) is 7.96. The van der Waals surface area contributed by atoms with Gasteiger partial charge in [0.05, 0.1) is 19.1 Å². The summed E-state index contributed by atoms with van der Waals surface area (Å²) in [6, 6.07) is 11.3. The maximum Gasteiger partial charge on any atom is 0.269 e. The van der Waals surface area contributed by atoms with E-state index in [4.69, 9.17) is 9.47 Å². The maximum atomic E-state index is 11.0. The molecule has 0 N–H and O–H groups in total. The SMILES string of the molecule is CCC(c1ccc([N+](=O)[O-])cc1)C1c2cc(OC)c(OC)cc2CCN1C. The van der Waals surface area contributed by atoms with Crippen molar-refractivity contribution in [3.05, 3.63) is 63.2 Å². The van der Waals surface area contributed by atoms with Gasteiger partial charge in [-0.1, -0.05) is 19.1 Å². The number of methoxy groups -OCH3 is 2. The molecule has 0 amide bonds.